The Morgan fingerprint density at radius 2 is 1.82 bits per heavy atom. The van der Waals surface area contributed by atoms with Gasteiger partial charge in [-0.15, -0.1) is 5.11 Å². The van der Waals surface area contributed by atoms with E-state index in [0.29, 0.717) is 29.2 Å². The fourth-order valence-electron chi connectivity index (χ4n) is 1.77. The first kappa shape index (κ1) is 15.7. The van der Waals surface area contributed by atoms with Gasteiger partial charge < -0.3 is 10.5 Å². The van der Waals surface area contributed by atoms with Crippen molar-refractivity contribution in [2.24, 2.45) is 10.2 Å². The van der Waals surface area contributed by atoms with Crippen molar-refractivity contribution >= 4 is 23.0 Å². The number of esters is 1. The second kappa shape index (κ2) is 7.93. The van der Waals surface area contributed by atoms with Crippen molar-refractivity contribution in [3.8, 4) is 0 Å². The summed E-state index contributed by atoms with van der Waals surface area (Å²) in [7, 11) is 0. The maximum Gasteiger partial charge on any atom is 0.340 e. The summed E-state index contributed by atoms with van der Waals surface area (Å²) in [5, 5.41) is 8.26. The van der Waals surface area contributed by atoms with Crippen LogP contribution >= 0.6 is 0 Å². The van der Waals surface area contributed by atoms with Crippen LogP contribution in [0.3, 0.4) is 0 Å². The zero-order valence-electron chi connectivity index (χ0n) is 12.5. The maximum absolute atomic E-state index is 12.1. The van der Waals surface area contributed by atoms with Gasteiger partial charge in [0.25, 0.3) is 0 Å². The van der Waals surface area contributed by atoms with Crippen LogP contribution in [0.2, 0.25) is 0 Å². The van der Waals surface area contributed by atoms with Crippen LogP contribution in [0.5, 0.6) is 0 Å². The second-order valence-electron chi connectivity index (χ2n) is 4.80. The van der Waals surface area contributed by atoms with Gasteiger partial charge in [-0.25, -0.2) is 4.79 Å². The number of ether oxygens (including phenoxy) is 1. The minimum atomic E-state index is -0.375. The van der Waals surface area contributed by atoms with E-state index in [2.05, 4.69) is 10.2 Å². The Morgan fingerprint density at radius 1 is 1.09 bits per heavy atom. The van der Waals surface area contributed by atoms with E-state index in [1.165, 1.54) is 0 Å². The summed E-state index contributed by atoms with van der Waals surface area (Å²) in [6, 6.07) is 14.0. The fraction of sp³-hybridized carbons (Fsp3) is 0.235. The summed E-state index contributed by atoms with van der Waals surface area (Å²) in [6.07, 6.45) is 1.83. The third kappa shape index (κ3) is 4.41. The van der Waals surface area contributed by atoms with Crippen LogP contribution < -0.4 is 5.73 Å². The minimum absolute atomic E-state index is 0.375. The minimum Gasteiger partial charge on any atom is -0.462 e. The van der Waals surface area contributed by atoms with Gasteiger partial charge in [-0.3, -0.25) is 0 Å². The van der Waals surface area contributed by atoms with Gasteiger partial charge in [0.05, 0.1) is 17.9 Å². The topological polar surface area (TPSA) is 77.0 Å². The number of benzene rings is 2. The molecule has 0 aliphatic rings. The van der Waals surface area contributed by atoms with Crippen molar-refractivity contribution in [1.82, 2.24) is 0 Å². The smallest absolute Gasteiger partial charge is 0.340 e. The standard InChI is InChI=1S/C17H19N3O2/c1-2-3-12-22-17(21)15-6-4-5-7-16(15)20-19-14-10-8-13(18)9-11-14/h4-11H,2-3,12,18H2,1H3. The molecule has 0 fully saturated rings. The van der Waals surface area contributed by atoms with Gasteiger partial charge in [-0.05, 0) is 42.8 Å². The van der Waals surface area contributed by atoms with Gasteiger partial charge >= 0.3 is 5.97 Å². The second-order valence-corrected chi connectivity index (χ2v) is 4.80. The number of azo groups is 1. The van der Waals surface area contributed by atoms with Crippen LogP contribution in [0.15, 0.2) is 58.8 Å². The molecule has 0 bridgehead atoms. The highest BCUT2D eigenvalue weighted by atomic mass is 16.5. The Balaban J connectivity index is 2.14. The third-order valence-electron chi connectivity index (χ3n) is 3.02. The van der Waals surface area contributed by atoms with E-state index in [1.54, 1.807) is 48.5 Å². The molecule has 0 spiro atoms. The lowest BCUT2D eigenvalue weighted by Crippen LogP contribution is -2.06. The van der Waals surface area contributed by atoms with Crippen molar-refractivity contribution in [3.63, 3.8) is 0 Å². The zero-order valence-corrected chi connectivity index (χ0v) is 12.5. The molecule has 2 N–H and O–H groups in total. The number of nitrogens with two attached hydrogens (primary N) is 1. The molecule has 0 amide bonds. The van der Waals surface area contributed by atoms with Crippen molar-refractivity contribution in [3.05, 3.63) is 54.1 Å². The van der Waals surface area contributed by atoms with E-state index >= 15 is 0 Å². The van der Waals surface area contributed by atoms with Gasteiger partial charge in [-0.2, -0.15) is 5.11 Å². The Morgan fingerprint density at radius 3 is 2.55 bits per heavy atom. The van der Waals surface area contributed by atoms with Gasteiger partial charge in [0, 0.05) is 5.69 Å². The van der Waals surface area contributed by atoms with Crippen LogP contribution in [0.1, 0.15) is 30.1 Å². The largest absolute Gasteiger partial charge is 0.462 e. The van der Waals surface area contributed by atoms with E-state index in [0.717, 1.165) is 12.8 Å². The molecule has 5 heteroatoms. The monoisotopic (exact) mass is 297 g/mol. The highest BCUT2D eigenvalue weighted by Gasteiger charge is 2.11. The molecule has 0 unspecified atom stereocenters. The lowest BCUT2D eigenvalue weighted by molar-refractivity contribution is 0.0500. The first-order valence-corrected chi connectivity index (χ1v) is 7.24. The predicted octanol–water partition coefficient (Wildman–Crippen LogP) is 4.64. The van der Waals surface area contributed by atoms with Crippen LogP contribution in [0.25, 0.3) is 0 Å². The average Bonchev–Trinajstić information content (AvgIpc) is 2.55. The van der Waals surface area contributed by atoms with Crippen LogP contribution in [-0.2, 0) is 4.74 Å². The fourth-order valence-corrected chi connectivity index (χ4v) is 1.77. The zero-order chi connectivity index (χ0) is 15.8. The van der Waals surface area contributed by atoms with E-state index in [9.17, 15) is 4.79 Å². The number of nitrogen functional groups attached to an aromatic ring is 1. The molecular weight excluding hydrogens is 278 g/mol. The van der Waals surface area contributed by atoms with Gasteiger partial charge in [-0.1, -0.05) is 25.5 Å². The van der Waals surface area contributed by atoms with E-state index < -0.39 is 0 Å². The molecule has 2 aromatic carbocycles. The molecule has 0 atom stereocenters. The number of hydrogen-bond donors (Lipinski definition) is 1. The SMILES string of the molecule is CCCCOC(=O)c1ccccc1N=Nc1ccc(N)cc1. The number of nitrogens with zero attached hydrogens (tertiary/aromatic N) is 2. The predicted molar refractivity (Wildman–Crippen MR) is 86.7 cm³/mol. The normalized spacial score (nSPS) is 10.8. The summed E-state index contributed by atoms with van der Waals surface area (Å²) in [5.74, 6) is -0.375. The molecular formula is C17H19N3O2. The van der Waals surface area contributed by atoms with Crippen molar-refractivity contribution in [2.75, 3.05) is 12.3 Å². The maximum atomic E-state index is 12.1. The molecule has 0 heterocycles. The number of anilines is 1. The summed E-state index contributed by atoms with van der Waals surface area (Å²) in [4.78, 5) is 12.1. The van der Waals surface area contributed by atoms with Crippen LogP contribution in [-0.4, -0.2) is 12.6 Å². The van der Waals surface area contributed by atoms with Gasteiger partial charge in [0.1, 0.15) is 5.69 Å². The Hall–Kier alpha value is -2.69. The Kier molecular flexibility index (Phi) is 5.65. The lowest BCUT2D eigenvalue weighted by atomic mass is 10.2. The first-order chi connectivity index (χ1) is 10.7. The molecule has 22 heavy (non-hydrogen) atoms. The number of carbonyl (C=O) groups excluding carboxylic acids is 1. The van der Waals surface area contributed by atoms with Crippen LogP contribution in [0, 0.1) is 0 Å². The average molecular weight is 297 g/mol. The summed E-state index contributed by atoms with van der Waals surface area (Å²) in [5.41, 5.74) is 7.86. The Bertz CT molecular complexity index is 651. The molecule has 0 saturated heterocycles. The molecule has 0 aliphatic carbocycles. The van der Waals surface area contributed by atoms with Crippen LogP contribution in [0.4, 0.5) is 17.1 Å². The third-order valence-corrected chi connectivity index (χ3v) is 3.02. The molecule has 2 aromatic rings. The number of carbonyl (C=O) groups is 1. The Labute approximate surface area is 129 Å². The van der Waals surface area contributed by atoms with Crippen molar-refractivity contribution < 1.29 is 9.53 Å². The van der Waals surface area contributed by atoms with Crippen molar-refractivity contribution in [2.45, 2.75) is 19.8 Å². The molecule has 114 valence electrons. The van der Waals surface area contributed by atoms with E-state index in [1.807, 2.05) is 6.92 Å². The lowest BCUT2D eigenvalue weighted by Gasteiger charge is -2.05. The van der Waals surface area contributed by atoms with Gasteiger partial charge in [0.15, 0.2) is 0 Å². The summed E-state index contributed by atoms with van der Waals surface area (Å²) >= 11 is 0. The highest BCUT2D eigenvalue weighted by molar-refractivity contribution is 5.94. The molecule has 0 radical (unpaired) electrons. The quantitative estimate of drug-likeness (QED) is 0.365. The van der Waals surface area contributed by atoms with E-state index in [-0.39, 0.29) is 5.97 Å². The molecule has 0 aliphatic heterocycles. The van der Waals surface area contributed by atoms with Gasteiger partial charge in [0.2, 0.25) is 0 Å². The number of unbranched alkanes of at least 4 members (excludes halogenated alkanes) is 1. The molecule has 0 aromatic heterocycles. The number of rotatable bonds is 6. The first-order valence-electron chi connectivity index (χ1n) is 7.24. The summed E-state index contributed by atoms with van der Waals surface area (Å²) < 4.78 is 5.22. The van der Waals surface area contributed by atoms with E-state index in [4.69, 9.17) is 10.5 Å². The summed E-state index contributed by atoms with van der Waals surface area (Å²) in [6.45, 7) is 2.46. The van der Waals surface area contributed by atoms with Crippen molar-refractivity contribution in [1.29, 1.82) is 0 Å². The highest BCUT2D eigenvalue weighted by Crippen LogP contribution is 2.23. The molecule has 0 saturated carbocycles. The molecule has 5 nitrogen and oxygen atoms in total. The number of hydrogen-bond acceptors (Lipinski definition) is 5. The molecule has 2 rings (SSSR count).